The first-order valence-corrected chi connectivity index (χ1v) is 8.42. The number of para-hydroxylation sites is 2. The van der Waals surface area contributed by atoms with Crippen LogP contribution in [0.5, 0.6) is 0 Å². The average Bonchev–Trinajstić information content (AvgIpc) is 3.08. The van der Waals surface area contributed by atoms with Crippen molar-refractivity contribution in [3.05, 3.63) is 72.1 Å². The molecule has 134 valence electrons. The molecule has 1 amide bonds. The second-order valence-electron chi connectivity index (χ2n) is 6.08. The van der Waals surface area contributed by atoms with Gasteiger partial charge in [0.1, 0.15) is 5.52 Å². The molecule has 0 atom stereocenters. The van der Waals surface area contributed by atoms with Gasteiger partial charge < -0.3 is 14.5 Å². The molecule has 0 aliphatic rings. The third kappa shape index (κ3) is 3.50. The van der Waals surface area contributed by atoms with Crippen molar-refractivity contribution in [1.29, 1.82) is 0 Å². The molecular formula is C21H16N2O4. The predicted octanol–water partition coefficient (Wildman–Crippen LogP) is 4.30. The third-order valence-electron chi connectivity index (χ3n) is 4.08. The standard InChI is InChI=1S/C21H16N2O4/c1-13(24)22-18-11-15-7-3-2-6-14(15)10-16(18)21(25)26-12-20-23-17-8-4-5-9-19(17)27-20/h2-11H,12H2,1H3,(H,22,24). The minimum atomic E-state index is -0.563. The summed E-state index contributed by atoms with van der Waals surface area (Å²) in [5.74, 6) is -0.517. The molecule has 0 unspecified atom stereocenters. The van der Waals surface area contributed by atoms with Crippen molar-refractivity contribution in [2.45, 2.75) is 13.5 Å². The number of aromatic nitrogens is 1. The van der Waals surface area contributed by atoms with Crippen LogP contribution >= 0.6 is 0 Å². The van der Waals surface area contributed by atoms with E-state index < -0.39 is 5.97 Å². The Morgan fingerprint density at radius 2 is 1.74 bits per heavy atom. The van der Waals surface area contributed by atoms with Crippen LogP contribution in [-0.2, 0) is 16.1 Å². The molecule has 3 aromatic carbocycles. The van der Waals surface area contributed by atoms with Gasteiger partial charge in [-0.15, -0.1) is 0 Å². The number of oxazole rings is 1. The maximum absolute atomic E-state index is 12.6. The molecule has 4 rings (SSSR count). The van der Waals surface area contributed by atoms with Crippen LogP contribution in [0.15, 0.2) is 65.1 Å². The molecule has 4 aromatic rings. The lowest BCUT2D eigenvalue weighted by Crippen LogP contribution is -2.13. The summed E-state index contributed by atoms with van der Waals surface area (Å²) >= 11 is 0. The van der Waals surface area contributed by atoms with Crippen molar-refractivity contribution in [2.75, 3.05) is 5.32 Å². The number of benzene rings is 3. The minimum Gasteiger partial charge on any atom is -0.452 e. The van der Waals surface area contributed by atoms with Crippen molar-refractivity contribution in [3.8, 4) is 0 Å². The number of anilines is 1. The van der Waals surface area contributed by atoms with Crippen molar-refractivity contribution in [2.24, 2.45) is 0 Å². The van der Waals surface area contributed by atoms with Crippen LogP contribution in [0.2, 0.25) is 0 Å². The zero-order valence-electron chi connectivity index (χ0n) is 14.6. The van der Waals surface area contributed by atoms with Crippen LogP contribution in [0.25, 0.3) is 21.9 Å². The maximum atomic E-state index is 12.6. The molecule has 0 radical (unpaired) electrons. The smallest absolute Gasteiger partial charge is 0.340 e. The van der Waals surface area contributed by atoms with Gasteiger partial charge in [0.25, 0.3) is 0 Å². The molecular weight excluding hydrogens is 344 g/mol. The number of nitrogens with zero attached hydrogens (tertiary/aromatic N) is 1. The summed E-state index contributed by atoms with van der Waals surface area (Å²) in [7, 11) is 0. The highest BCUT2D eigenvalue weighted by Gasteiger charge is 2.17. The van der Waals surface area contributed by atoms with E-state index in [0.717, 1.165) is 10.8 Å². The fourth-order valence-corrected chi connectivity index (χ4v) is 2.89. The maximum Gasteiger partial charge on any atom is 0.340 e. The Morgan fingerprint density at radius 3 is 2.48 bits per heavy atom. The average molecular weight is 360 g/mol. The normalized spacial score (nSPS) is 10.9. The van der Waals surface area contributed by atoms with Crippen LogP contribution in [0.3, 0.4) is 0 Å². The molecule has 0 fully saturated rings. The van der Waals surface area contributed by atoms with Crippen LogP contribution in [0.4, 0.5) is 5.69 Å². The number of ether oxygens (including phenoxy) is 1. The fraction of sp³-hybridized carbons (Fsp3) is 0.0952. The highest BCUT2D eigenvalue weighted by molar-refractivity contribution is 6.05. The summed E-state index contributed by atoms with van der Waals surface area (Å²) < 4.78 is 10.9. The molecule has 0 spiro atoms. The van der Waals surface area contributed by atoms with Gasteiger partial charge in [-0.25, -0.2) is 9.78 Å². The van der Waals surface area contributed by atoms with E-state index in [1.54, 1.807) is 18.2 Å². The molecule has 1 aromatic heterocycles. The van der Waals surface area contributed by atoms with E-state index in [0.29, 0.717) is 22.7 Å². The van der Waals surface area contributed by atoms with E-state index in [1.807, 2.05) is 42.5 Å². The Balaban J connectivity index is 1.61. The van der Waals surface area contributed by atoms with Gasteiger partial charge in [-0.2, -0.15) is 0 Å². The first kappa shape index (κ1) is 16.8. The molecule has 0 saturated heterocycles. The van der Waals surface area contributed by atoms with E-state index in [1.165, 1.54) is 6.92 Å². The highest BCUT2D eigenvalue weighted by atomic mass is 16.5. The molecule has 6 nitrogen and oxygen atoms in total. The number of carbonyl (C=O) groups is 2. The molecule has 1 heterocycles. The van der Waals surface area contributed by atoms with Crippen molar-refractivity contribution in [1.82, 2.24) is 4.98 Å². The quantitative estimate of drug-likeness (QED) is 0.549. The minimum absolute atomic E-state index is 0.0974. The second kappa shape index (κ2) is 6.92. The number of nitrogens with one attached hydrogen (secondary N) is 1. The van der Waals surface area contributed by atoms with E-state index in [9.17, 15) is 9.59 Å². The summed E-state index contributed by atoms with van der Waals surface area (Å²) in [6.07, 6.45) is 0. The summed E-state index contributed by atoms with van der Waals surface area (Å²) in [5, 5.41) is 4.48. The van der Waals surface area contributed by atoms with Gasteiger partial charge in [0.05, 0.1) is 11.3 Å². The van der Waals surface area contributed by atoms with Gasteiger partial charge in [0.2, 0.25) is 11.8 Å². The molecule has 0 aliphatic heterocycles. The number of esters is 1. The van der Waals surface area contributed by atoms with Crippen LogP contribution in [-0.4, -0.2) is 16.9 Å². The number of fused-ring (bicyclic) bond motifs is 2. The SMILES string of the molecule is CC(=O)Nc1cc2ccccc2cc1C(=O)OCc1nc2ccccc2o1. The van der Waals surface area contributed by atoms with Crippen molar-refractivity contribution >= 4 is 39.4 Å². The Bertz CT molecular complexity index is 1130. The molecule has 1 N–H and O–H groups in total. The summed E-state index contributed by atoms with van der Waals surface area (Å²) in [5.41, 5.74) is 2.02. The lowest BCUT2D eigenvalue weighted by Gasteiger charge is -2.11. The zero-order chi connectivity index (χ0) is 18.8. The number of hydrogen-bond donors (Lipinski definition) is 1. The Morgan fingerprint density at radius 1 is 1.04 bits per heavy atom. The monoisotopic (exact) mass is 360 g/mol. The molecule has 0 bridgehead atoms. The van der Waals surface area contributed by atoms with E-state index in [2.05, 4.69) is 10.3 Å². The predicted molar refractivity (Wildman–Crippen MR) is 101 cm³/mol. The Hall–Kier alpha value is -3.67. The van der Waals surface area contributed by atoms with Gasteiger partial charge >= 0.3 is 5.97 Å². The van der Waals surface area contributed by atoms with Crippen LogP contribution in [0, 0.1) is 0 Å². The van der Waals surface area contributed by atoms with Crippen molar-refractivity contribution in [3.63, 3.8) is 0 Å². The molecule has 0 saturated carbocycles. The summed E-state index contributed by atoms with van der Waals surface area (Å²) in [6, 6.07) is 18.4. The van der Waals surface area contributed by atoms with E-state index in [-0.39, 0.29) is 18.1 Å². The topological polar surface area (TPSA) is 81.4 Å². The fourth-order valence-electron chi connectivity index (χ4n) is 2.89. The Kier molecular flexibility index (Phi) is 4.30. The van der Waals surface area contributed by atoms with Crippen LogP contribution < -0.4 is 5.32 Å². The zero-order valence-corrected chi connectivity index (χ0v) is 14.6. The number of rotatable bonds is 4. The van der Waals surface area contributed by atoms with Gasteiger partial charge in [-0.3, -0.25) is 4.79 Å². The highest BCUT2D eigenvalue weighted by Crippen LogP contribution is 2.25. The number of carbonyl (C=O) groups excluding carboxylic acids is 2. The first-order chi connectivity index (χ1) is 13.1. The second-order valence-corrected chi connectivity index (χ2v) is 6.08. The third-order valence-corrected chi connectivity index (χ3v) is 4.08. The van der Waals surface area contributed by atoms with E-state index >= 15 is 0 Å². The Labute approximate surface area is 154 Å². The van der Waals surface area contributed by atoms with Crippen molar-refractivity contribution < 1.29 is 18.7 Å². The summed E-state index contributed by atoms with van der Waals surface area (Å²) in [6.45, 7) is 1.29. The molecule has 0 aliphatic carbocycles. The van der Waals surface area contributed by atoms with E-state index in [4.69, 9.17) is 9.15 Å². The number of amides is 1. The first-order valence-electron chi connectivity index (χ1n) is 8.42. The van der Waals surface area contributed by atoms with Crippen LogP contribution in [0.1, 0.15) is 23.2 Å². The summed E-state index contributed by atoms with van der Waals surface area (Å²) in [4.78, 5) is 28.4. The largest absolute Gasteiger partial charge is 0.452 e. The molecule has 27 heavy (non-hydrogen) atoms. The number of hydrogen-bond acceptors (Lipinski definition) is 5. The van der Waals surface area contributed by atoms with Gasteiger partial charge in [-0.05, 0) is 35.0 Å². The molecule has 6 heteroatoms. The van der Waals surface area contributed by atoms with Gasteiger partial charge in [-0.1, -0.05) is 36.4 Å². The lowest BCUT2D eigenvalue weighted by atomic mass is 10.0. The van der Waals surface area contributed by atoms with Gasteiger partial charge in [0, 0.05) is 6.92 Å². The van der Waals surface area contributed by atoms with Gasteiger partial charge in [0.15, 0.2) is 12.2 Å². The lowest BCUT2D eigenvalue weighted by molar-refractivity contribution is -0.114.